The lowest BCUT2D eigenvalue weighted by Gasteiger charge is -2.37. The first kappa shape index (κ1) is 16.9. The number of methoxy groups -OCH3 is 2. The van der Waals surface area contributed by atoms with E-state index in [-0.39, 0.29) is 5.41 Å². The van der Waals surface area contributed by atoms with E-state index in [4.69, 9.17) is 9.47 Å². The molecular weight excluding hydrogens is 212 g/mol. The van der Waals surface area contributed by atoms with Crippen LogP contribution >= 0.6 is 0 Å². The molecule has 0 rings (SSSR count). The summed E-state index contributed by atoms with van der Waals surface area (Å²) < 4.78 is 10.9. The Labute approximate surface area is 108 Å². The zero-order valence-corrected chi connectivity index (χ0v) is 12.7. The number of ether oxygens (including phenoxy) is 2. The standard InChI is InChI=1S/C15H32O2/c1-7-14(8-2)10-15(11-16-5,12-17-6)9-13(3)4/h13-14H,7-12H2,1-6H3. The minimum Gasteiger partial charge on any atom is -0.384 e. The van der Waals surface area contributed by atoms with Crippen molar-refractivity contribution in [2.24, 2.45) is 17.3 Å². The molecule has 17 heavy (non-hydrogen) atoms. The van der Waals surface area contributed by atoms with Crippen molar-refractivity contribution in [3.63, 3.8) is 0 Å². The maximum Gasteiger partial charge on any atom is 0.0540 e. The summed E-state index contributed by atoms with van der Waals surface area (Å²) >= 11 is 0. The van der Waals surface area contributed by atoms with Crippen LogP contribution in [-0.2, 0) is 9.47 Å². The lowest BCUT2D eigenvalue weighted by Crippen LogP contribution is -2.35. The van der Waals surface area contributed by atoms with Gasteiger partial charge in [0.2, 0.25) is 0 Å². The molecule has 0 amide bonds. The van der Waals surface area contributed by atoms with Gasteiger partial charge in [-0.2, -0.15) is 0 Å². The second kappa shape index (κ2) is 8.93. The third-order valence-corrected chi connectivity index (χ3v) is 3.62. The molecule has 0 aliphatic rings. The van der Waals surface area contributed by atoms with Gasteiger partial charge in [0.05, 0.1) is 13.2 Å². The smallest absolute Gasteiger partial charge is 0.0540 e. The molecule has 0 bridgehead atoms. The quantitative estimate of drug-likeness (QED) is 0.575. The predicted molar refractivity (Wildman–Crippen MR) is 74.3 cm³/mol. The van der Waals surface area contributed by atoms with Crippen LogP contribution in [0.3, 0.4) is 0 Å². The lowest BCUT2D eigenvalue weighted by atomic mass is 9.73. The normalized spacial score (nSPS) is 12.7. The average molecular weight is 244 g/mol. The van der Waals surface area contributed by atoms with Gasteiger partial charge in [0.25, 0.3) is 0 Å². The van der Waals surface area contributed by atoms with Crippen LogP contribution in [0.2, 0.25) is 0 Å². The fourth-order valence-corrected chi connectivity index (χ4v) is 3.03. The molecule has 0 aromatic heterocycles. The molecule has 0 aromatic carbocycles. The summed E-state index contributed by atoms with van der Waals surface area (Å²) in [4.78, 5) is 0. The van der Waals surface area contributed by atoms with Crippen LogP contribution < -0.4 is 0 Å². The number of hydrogen-bond acceptors (Lipinski definition) is 2. The van der Waals surface area contributed by atoms with E-state index in [2.05, 4.69) is 27.7 Å². The third kappa shape index (κ3) is 6.42. The van der Waals surface area contributed by atoms with Gasteiger partial charge in [0.1, 0.15) is 0 Å². The Balaban J connectivity index is 4.73. The van der Waals surface area contributed by atoms with Crippen molar-refractivity contribution in [3.8, 4) is 0 Å². The molecule has 0 aliphatic carbocycles. The summed E-state index contributed by atoms with van der Waals surface area (Å²) in [5, 5.41) is 0. The zero-order chi connectivity index (χ0) is 13.3. The molecule has 0 aromatic rings. The van der Waals surface area contributed by atoms with Gasteiger partial charge in [-0.3, -0.25) is 0 Å². The summed E-state index contributed by atoms with van der Waals surface area (Å²) in [7, 11) is 3.61. The highest BCUT2D eigenvalue weighted by Crippen LogP contribution is 2.36. The summed E-state index contributed by atoms with van der Waals surface area (Å²) in [5.74, 6) is 1.48. The molecule has 0 saturated carbocycles. The molecule has 0 atom stereocenters. The van der Waals surface area contributed by atoms with Crippen LogP contribution in [0.1, 0.15) is 53.4 Å². The van der Waals surface area contributed by atoms with Crippen molar-refractivity contribution in [2.75, 3.05) is 27.4 Å². The second-order valence-corrected chi connectivity index (χ2v) is 5.85. The molecule has 0 N–H and O–H groups in total. The van der Waals surface area contributed by atoms with Crippen molar-refractivity contribution in [1.82, 2.24) is 0 Å². The summed E-state index contributed by atoms with van der Waals surface area (Å²) in [6.07, 6.45) is 4.92. The van der Waals surface area contributed by atoms with Gasteiger partial charge >= 0.3 is 0 Å². The van der Waals surface area contributed by atoms with E-state index in [0.717, 1.165) is 19.1 Å². The Morgan fingerprint density at radius 1 is 0.882 bits per heavy atom. The van der Waals surface area contributed by atoms with Crippen LogP contribution in [0.15, 0.2) is 0 Å². The molecule has 104 valence electrons. The van der Waals surface area contributed by atoms with E-state index in [9.17, 15) is 0 Å². The fraction of sp³-hybridized carbons (Fsp3) is 1.00. The van der Waals surface area contributed by atoms with Gasteiger partial charge < -0.3 is 9.47 Å². The minimum atomic E-state index is 0.203. The van der Waals surface area contributed by atoms with Gasteiger partial charge in [-0.05, 0) is 24.7 Å². The van der Waals surface area contributed by atoms with E-state index in [1.54, 1.807) is 14.2 Å². The molecule has 0 spiro atoms. The van der Waals surface area contributed by atoms with E-state index in [0.29, 0.717) is 5.92 Å². The van der Waals surface area contributed by atoms with Gasteiger partial charge in [0.15, 0.2) is 0 Å². The third-order valence-electron chi connectivity index (χ3n) is 3.62. The molecule has 2 nitrogen and oxygen atoms in total. The Morgan fingerprint density at radius 3 is 1.65 bits per heavy atom. The SMILES string of the molecule is CCC(CC)CC(COC)(COC)CC(C)C. The Kier molecular flexibility index (Phi) is 8.89. The van der Waals surface area contributed by atoms with Crippen LogP contribution in [0.5, 0.6) is 0 Å². The molecule has 0 radical (unpaired) electrons. The van der Waals surface area contributed by atoms with Crippen LogP contribution in [0.25, 0.3) is 0 Å². The zero-order valence-electron chi connectivity index (χ0n) is 12.7. The molecule has 0 saturated heterocycles. The van der Waals surface area contributed by atoms with Crippen LogP contribution in [0, 0.1) is 17.3 Å². The monoisotopic (exact) mass is 244 g/mol. The van der Waals surface area contributed by atoms with E-state index in [1.165, 1.54) is 25.7 Å². The van der Waals surface area contributed by atoms with E-state index < -0.39 is 0 Å². The van der Waals surface area contributed by atoms with Crippen molar-refractivity contribution in [2.45, 2.75) is 53.4 Å². The number of rotatable bonds is 10. The topological polar surface area (TPSA) is 18.5 Å². The number of hydrogen-bond donors (Lipinski definition) is 0. The largest absolute Gasteiger partial charge is 0.384 e. The Hall–Kier alpha value is -0.0800. The van der Waals surface area contributed by atoms with Crippen LogP contribution in [-0.4, -0.2) is 27.4 Å². The fourth-order valence-electron chi connectivity index (χ4n) is 3.03. The first-order chi connectivity index (χ1) is 8.03. The Morgan fingerprint density at radius 2 is 1.35 bits per heavy atom. The summed E-state index contributed by atoms with van der Waals surface area (Å²) in [6.45, 7) is 10.8. The van der Waals surface area contributed by atoms with Crippen molar-refractivity contribution < 1.29 is 9.47 Å². The van der Waals surface area contributed by atoms with E-state index >= 15 is 0 Å². The van der Waals surface area contributed by atoms with Gasteiger partial charge in [0, 0.05) is 19.6 Å². The summed E-state index contributed by atoms with van der Waals surface area (Å²) in [6, 6.07) is 0. The highest BCUT2D eigenvalue weighted by atomic mass is 16.5. The maximum atomic E-state index is 5.47. The molecule has 0 heterocycles. The molecular formula is C15H32O2. The van der Waals surface area contributed by atoms with Crippen molar-refractivity contribution in [1.29, 1.82) is 0 Å². The molecule has 0 fully saturated rings. The second-order valence-electron chi connectivity index (χ2n) is 5.85. The molecule has 0 unspecified atom stereocenters. The van der Waals surface area contributed by atoms with E-state index in [1.807, 2.05) is 0 Å². The molecule has 2 heteroatoms. The average Bonchev–Trinajstić information content (AvgIpc) is 2.25. The minimum absolute atomic E-state index is 0.203. The highest BCUT2D eigenvalue weighted by Gasteiger charge is 2.33. The molecule has 0 aliphatic heterocycles. The predicted octanol–water partition coefficient (Wildman–Crippen LogP) is 4.14. The van der Waals surface area contributed by atoms with Gasteiger partial charge in [-0.25, -0.2) is 0 Å². The lowest BCUT2D eigenvalue weighted by molar-refractivity contribution is -0.0197. The highest BCUT2D eigenvalue weighted by molar-refractivity contribution is 4.83. The maximum absolute atomic E-state index is 5.47. The van der Waals surface area contributed by atoms with Crippen molar-refractivity contribution in [3.05, 3.63) is 0 Å². The first-order valence-corrected chi connectivity index (χ1v) is 7.01. The van der Waals surface area contributed by atoms with Gasteiger partial charge in [-0.1, -0.05) is 40.5 Å². The van der Waals surface area contributed by atoms with Gasteiger partial charge in [-0.15, -0.1) is 0 Å². The van der Waals surface area contributed by atoms with Crippen molar-refractivity contribution >= 4 is 0 Å². The summed E-state index contributed by atoms with van der Waals surface area (Å²) in [5.41, 5.74) is 0.203. The first-order valence-electron chi connectivity index (χ1n) is 7.01. The Bertz CT molecular complexity index is 168. The van der Waals surface area contributed by atoms with Crippen LogP contribution in [0.4, 0.5) is 0 Å².